The number of para-hydroxylation sites is 5. The molecule has 744 valence electrons. The zero-order chi connectivity index (χ0) is 102. The topological polar surface area (TPSA) is 44.0 Å². The molecular weight excluding hydrogens is 1760 g/mol. The van der Waals surface area contributed by atoms with E-state index in [1.807, 2.05) is 31.2 Å². The van der Waals surface area contributed by atoms with Gasteiger partial charge >= 0.3 is 0 Å². The summed E-state index contributed by atoms with van der Waals surface area (Å²) in [5.41, 5.74) is 30.7. The van der Waals surface area contributed by atoms with Gasteiger partial charge in [0.1, 0.15) is 50.9 Å². The lowest BCUT2D eigenvalue weighted by atomic mass is 9.67. The molecule has 0 radical (unpaired) electrons. The summed E-state index contributed by atoms with van der Waals surface area (Å²) in [7, 11) is 0. The summed E-state index contributed by atoms with van der Waals surface area (Å²) in [6, 6.07) is 87.6. The number of allylic oxidation sites excluding steroid dienone is 5. The van der Waals surface area contributed by atoms with Gasteiger partial charge < -0.3 is 0 Å². The van der Waals surface area contributed by atoms with Crippen LogP contribution in [0.1, 0.15) is 406 Å². The Balaban J connectivity index is 0.000000105. The molecule has 5 aliphatic heterocycles. The van der Waals surface area contributed by atoms with Gasteiger partial charge in [0, 0.05) is 50.5 Å². The van der Waals surface area contributed by atoms with Crippen LogP contribution in [-0.4, -0.2) is 22.8 Å². The number of aryl methyl sites for hydroxylation is 5. The summed E-state index contributed by atoms with van der Waals surface area (Å²) < 4.78 is 52.7. The summed E-state index contributed by atoms with van der Waals surface area (Å²) in [5, 5.41) is 0. The van der Waals surface area contributed by atoms with Crippen LogP contribution in [0.3, 0.4) is 0 Å². The van der Waals surface area contributed by atoms with Crippen LogP contribution in [0.5, 0.6) is 0 Å². The Labute approximate surface area is 870 Å². The van der Waals surface area contributed by atoms with Crippen molar-refractivity contribution in [3.05, 3.63) is 409 Å². The zero-order valence-corrected chi connectivity index (χ0v) is 88.7. The molecule has 10 heterocycles. The van der Waals surface area contributed by atoms with Crippen molar-refractivity contribution >= 4 is 31.0 Å². The molecule has 4 atom stereocenters. The first-order valence-electron chi connectivity index (χ1n) is 58.0. The molecule has 10 heteroatoms. The van der Waals surface area contributed by atoms with Gasteiger partial charge in [0.15, 0.2) is 39.9 Å². The van der Waals surface area contributed by atoms with Gasteiger partial charge in [-0.25, -0.2) is 22.8 Å². The first-order chi connectivity index (χ1) is 72.2. The SMILES string of the molecule is Cc1ccccc1-n1c(C)c2[n+](c1C1CCCCC1)C=CC2(c1ccccc1)C1CCCC1.Cc1ccccc1-n1c(C)c2[n+](c1C1CCCCC1)C=CC2(c1ccccc1)c1ccccc1.[2H]C1(C)C=Cn2c1c(C)[n+](-c1ccccc1C)c2C1CCCCC1.[2H]C1(C2CCCC2)C=Cn2c1c(C)[n+](-c1ccccc1C)c2C1CCCCC1.[2H]C1(c2ccccc2)C=Cn2c1c(C)[n+](-c1ccccc1C)c2C1CCCCC1. The highest BCUT2D eigenvalue weighted by Gasteiger charge is 2.56. The predicted molar refractivity (Wildman–Crippen MR) is 596 cm³/mol. The van der Waals surface area contributed by atoms with Crippen LogP contribution in [0, 0.1) is 81.1 Å². The van der Waals surface area contributed by atoms with E-state index in [1.165, 1.54) is 360 Å². The minimum absolute atomic E-state index is 0.0147. The van der Waals surface area contributed by atoms with Crippen molar-refractivity contribution in [1.82, 2.24) is 22.8 Å². The molecule has 9 aromatic carbocycles. The van der Waals surface area contributed by atoms with E-state index in [1.54, 1.807) is 0 Å². The van der Waals surface area contributed by atoms with Gasteiger partial charge in [0.05, 0.1) is 71.9 Å². The number of fused-ring (bicyclic) bond motifs is 5. The van der Waals surface area contributed by atoms with Crippen molar-refractivity contribution in [2.24, 2.45) is 11.8 Å². The summed E-state index contributed by atoms with van der Waals surface area (Å²) in [5.74, 6) is 9.15. The summed E-state index contributed by atoms with van der Waals surface area (Å²) in [6.07, 6.45) is 65.8. The molecule has 26 rings (SSSR count). The number of hydrogen-bond acceptors (Lipinski definition) is 0. The van der Waals surface area contributed by atoms with Gasteiger partial charge in [0.2, 0.25) is 0 Å². The molecular formula is C135H159N10+5. The second-order valence-corrected chi connectivity index (χ2v) is 44.8. The molecule has 7 fully saturated rings. The Bertz CT molecular complexity index is 7270. The highest BCUT2D eigenvalue weighted by Crippen LogP contribution is 2.54. The molecule has 10 nitrogen and oxygen atoms in total. The Morgan fingerprint density at radius 2 is 0.614 bits per heavy atom. The monoisotopic (exact) mass is 1920 g/mol. The van der Waals surface area contributed by atoms with Gasteiger partial charge in [-0.3, -0.25) is 0 Å². The Hall–Kier alpha value is -12.3. The average Bonchev–Trinajstić information content (AvgIpc) is 1.53. The quantitative estimate of drug-likeness (QED) is 0.0866. The molecule has 145 heavy (non-hydrogen) atoms. The number of benzene rings is 9. The van der Waals surface area contributed by atoms with Gasteiger partial charge in [-0.2, -0.15) is 22.8 Å². The summed E-state index contributed by atoms with van der Waals surface area (Å²) in [6.45, 7) is 24.5. The maximum absolute atomic E-state index is 9.52. The number of imidazole rings is 5. The molecule has 4 unspecified atom stereocenters. The minimum Gasteiger partial charge on any atom is -0.203 e. The van der Waals surface area contributed by atoms with Gasteiger partial charge in [-0.15, -0.1) is 0 Å². The Kier molecular flexibility index (Phi) is 27.6. The first kappa shape index (κ1) is 93.8. The van der Waals surface area contributed by atoms with E-state index in [4.69, 9.17) is 1.37 Å². The molecule has 7 saturated carbocycles. The number of rotatable bonds is 16. The molecule has 0 saturated heterocycles. The normalized spacial score (nSPS) is 22.5. The predicted octanol–water partition coefficient (Wildman–Crippen LogP) is 31.9. The van der Waals surface area contributed by atoms with E-state index in [2.05, 4.69) is 395 Å². The van der Waals surface area contributed by atoms with Crippen molar-refractivity contribution in [2.45, 2.75) is 346 Å². The fourth-order valence-corrected chi connectivity index (χ4v) is 29.1. The van der Waals surface area contributed by atoms with Crippen molar-refractivity contribution < 1.29 is 26.9 Å². The molecule has 0 bridgehead atoms. The molecule has 0 amide bonds. The third-order valence-electron chi connectivity index (χ3n) is 36.1. The minimum atomic E-state index is -0.845. The van der Waals surface area contributed by atoms with E-state index < -0.39 is 17.7 Å². The van der Waals surface area contributed by atoms with E-state index >= 15 is 0 Å². The largest absolute Gasteiger partial charge is 0.269 e. The van der Waals surface area contributed by atoms with Crippen LogP contribution < -0.4 is 22.8 Å². The highest BCUT2D eigenvalue weighted by molar-refractivity contribution is 5.61. The summed E-state index contributed by atoms with van der Waals surface area (Å²) >= 11 is 0. The van der Waals surface area contributed by atoms with E-state index in [0.29, 0.717) is 41.4 Å². The molecule has 0 spiro atoms. The average molecular weight is 1920 g/mol. The van der Waals surface area contributed by atoms with Crippen molar-refractivity contribution in [2.75, 3.05) is 0 Å². The van der Waals surface area contributed by atoms with E-state index in [-0.39, 0.29) is 10.8 Å². The van der Waals surface area contributed by atoms with Crippen LogP contribution in [0.25, 0.3) is 59.4 Å². The third kappa shape index (κ3) is 17.9. The number of aromatic nitrogens is 10. The standard InChI is InChI=1S/C32H33N2.C31H37N2.C26H29N2.C25H33N2.C21H27N2/c1-24-14-12-13-21-29(24)34-25(2)30-32(27-17-8-4-9-18-27,28-19-10-5-11-20-28)22-23-33(30)31(34)26-15-6-3-7-16-26;1-23-13-9-12-20-28(23)33-24(2)29-31(27-18-10-11-19-27,26-16-7-4-8-17-26)21-22-32(29)30(33)25-14-5-3-6-15-25;1-19-11-9-10-16-24(19)28-20(2)25-23(21-12-5-3-6-13-21)17-18-27(25)26(28)22-14-7-4-8-15-22;1-18-10-6-9-15-23(18)27-19(2)24-22(20-11-7-8-12-20)16-17-26(24)25(27)21-13-4-3-5-14-21;1-15-9-7-8-12-19(15)23-17(3)20-16(2)13-14-22(20)21(23)18-10-5-4-6-11-18/h4-5,8-14,17-23,26H,3,6-7,15-16H2,1-2H3;4,7-9,12-13,16-17,20-22,25,27H,3,5-6,10-11,14-15,18-19H2,1-2H3;3,5-6,9-13,16-18,22-23H,4,7-8,14-15H2,1-2H3;6,9-10,15-17,20-22H,3-5,7-8,11-14H2,1-2H3;7-9,12-14,16,18H,4-6,10-11H2,1-3H3/q5*+1/i;;23D;22D;16D. The fourth-order valence-electron chi connectivity index (χ4n) is 29.1. The van der Waals surface area contributed by atoms with E-state index in [0.717, 1.165) is 17.0 Å². The molecule has 12 aliphatic rings. The molecule has 14 aromatic rings. The van der Waals surface area contributed by atoms with Crippen LogP contribution in [-0.2, 0) is 10.8 Å². The molecule has 7 aliphatic carbocycles. The van der Waals surface area contributed by atoms with Crippen molar-refractivity contribution in [3.8, 4) is 28.4 Å². The lowest BCUT2D eigenvalue weighted by Gasteiger charge is -2.33. The van der Waals surface area contributed by atoms with Crippen molar-refractivity contribution in [3.63, 3.8) is 0 Å². The smallest absolute Gasteiger partial charge is 0.203 e. The fraction of sp³-hybridized carbons (Fsp3) is 0.415. The number of hydrogen-bond donors (Lipinski definition) is 0. The zero-order valence-electron chi connectivity index (χ0n) is 91.7. The van der Waals surface area contributed by atoms with Gasteiger partial charge in [-0.1, -0.05) is 341 Å². The van der Waals surface area contributed by atoms with Crippen LogP contribution in [0.4, 0.5) is 0 Å². The van der Waals surface area contributed by atoms with Gasteiger partial charge in [0.25, 0.3) is 29.1 Å². The lowest BCUT2D eigenvalue weighted by Crippen LogP contribution is -2.41. The highest BCUT2D eigenvalue weighted by atomic mass is 15.2. The molecule has 5 aromatic heterocycles. The first-order valence-corrected chi connectivity index (χ1v) is 56.5. The maximum Gasteiger partial charge on any atom is 0.269 e. The summed E-state index contributed by atoms with van der Waals surface area (Å²) in [4.78, 5) is 0. The second kappa shape index (κ2) is 42.7. The van der Waals surface area contributed by atoms with Crippen LogP contribution >= 0.6 is 0 Å². The Morgan fingerprint density at radius 3 is 1.05 bits per heavy atom. The second-order valence-electron chi connectivity index (χ2n) is 44.8. The maximum atomic E-state index is 9.52. The lowest BCUT2D eigenvalue weighted by molar-refractivity contribution is -0.613. The third-order valence-corrected chi connectivity index (χ3v) is 36.1. The molecule has 0 N–H and O–H groups in total. The van der Waals surface area contributed by atoms with Crippen molar-refractivity contribution in [1.29, 1.82) is 0 Å². The van der Waals surface area contributed by atoms with Gasteiger partial charge in [-0.05, 0) is 247 Å². The van der Waals surface area contributed by atoms with Crippen LogP contribution in [0.2, 0.25) is 0 Å². The Morgan fingerprint density at radius 1 is 0.290 bits per heavy atom. The van der Waals surface area contributed by atoms with E-state index in [9.17, 15) is 2.74 Å². The number of nitrogens with zero attached hydrogens (tertiary/aromatic N) is 10. The van der Waals surface area contributed by atoms with Crippen LogP contribution in [0.15, 0.2) is 273 Å².